The maximum Gasteiger partial charge on any atom is 0.335 e. The number of hydrogen-bond donors (Lipinski definition) is 1. The second-order valence-electron chi connectivity index (χ2n) is 10.8. The van der Waals surface area contributed by atoms with Crippen LogP contribution in [0.1, 0.15) is 29.3 Å². The van der Waals surface area contributed by atoms with E-state index in [1.165, 1.54) is 31.0 Å². The normalized spacial score (nSPS) is 16.0. The first-order valence-electron chi connectivity index (χ1n) is 15.6. The molecule has 2 heterocycles. The maximum atomic E-state index is 13.6. The number of amides is 1. The van der Waals surface area contributed by atoms with Crippen molar-refractivity contribution in [1.29, 1.82) is 0 Å². The lowest BCUT2D eigenvalue weighted by Gasteiger charge is -2.26. The van der Waals surface area contributed by atoms with E-state index < -0.39 is 5.97 Å². The van der Waals surface area contributed by atoms with Gasteiger partial charge >= 0.3 is 5.97 Å². The molecule has 1 amide bonds. The first-order valence-corrected chi connectivity index (χ1v) is 17.2. The van der Waals surface area contributed by atoms with Gasteiger partial charge in [0.2, 0.25) is 0 Å². The van der Waals surface area contributed by atoms with Crippen LogP contribution in [-0.4, -0.2) is 97.4 Å². The van der Waals surface area contributed by atoms with E-state index in [1.54, 1.807) is 11.0 Å². The number of carbonyl (C=O) groups is 2. The Bertz CT molecular complexity index is 1680. The number of morpholine rings is 1. The third-order valence-corrected chi connectivity index (χ3v) is 9.37. The standard InChI is InChI=1S/C35H37ClN2O8S2/c1-3-44-29-9-6-24(20-27(29)36)23-5-8-28(46-18-14-37-12-16-43-17-13-37)26(19-23)22-32-33(39)38(35(47)48-32)11-4-15-45-30-10-7-25(34(40)41)21-31(30)42-2/h5-10,19-22H,3-4,11-18H2,1-2H3,(H,40,41)/b32-22-. The molecule has 0 bridgehead atoms. The van der Waals surface area contributed by atoms with Gasteiger partial charge in [-0.05, 0) is 73.0 Å². The monoisotopic (exact) mass is 712 g/mol. The molecule has 0 radical (unpaired) electrons. The molecule has 5 rings (SSSR count). The van der Waals surface area contributed by atoms with Crippen molar-refractivity contribution in [3.05, 3.63) is 75.7 Å². The second-order valence-corrected chi connectivity index (χ2v) is 12.9. The van der Waals surface area contributed by atoms with Crippen molar-refractivity contribution >= 4 is 57.9 Å². The van der Waals surface area contributed by atoms with Gasteiger partial charge < -0.3 is 28.8 Å². The summed E-state index contributed by atoms with van der Waals surface area (Å²) >= 11 is 13.3. The number of hydrogen-bond acceptors (Lipinski definition) is 10. The summed E-state index contributed by atoms with van der Waals surface area (Å²) in [5, 5.41) is 9.74. The molecular weight excluding hydrogens is 676 g/mol. The lowest BCUT2D eigenvalue weighted by atomic mass is 10.0. The van der Waals surface area contributed by atoms with Crippen LogP contribution < -0.4 is 18.9 Å². The Morgan fingerprint density at radius 2 is 1.67 bits per heavy atom. The molecular formula is C35H37ClN2O8S2. The Labute approximate surface area is 294 Å². The number of nitrogens with zero attached hydrogens (tertiary/aromatic N) is 2. The van der Waals surface area contributed by atoms with E-state index in [2.05, 4.69) is 4.90 Å². The van der Waals surface area contributed by atoms with Gasteiger partial charge in [0.05, 0.1) is 49.0 Å². The summed E-state index contributed by atoms with van der Waals surface area (Å²) < 4.78 is 28.9. The lowest BCUT2D eigenvalue weighted by Crippen LogP contribution is -2.38. The summed E-state index contributed by atoms with van der Waals surface area (Å²) in [4.78, 5) is 29.2. The third-order valence-electron chi connectivity index (χ3n) is 7.70. The highest BCUT2D eigenvalue weighted by Gasteiger charge is 2.32. The van der Waals surface area contributed by atoms with Gasteiger partial charge in [-0.2, -0.15) is 0 Å². The number of benzene rings is 3. The molecule has 0 aromatic heterocycles. The van der Waals surface area contributed by atoms with E-state index in [1.807, 2.05) is 49.4 Å². The minimum absolute atomic E-state index is 0.100. The summed E-state index contributed by atoms with van der Waals surface area (Å²) in [6.45, 7) is 7.46. The van der Waals surface area contributed by atoms with E-state index in [9.17, 15) is 14.7 Å². The van der Waals surface area contributed by atoms with E-state index in [4.69, 9.17) is 47.5 Å². The Hall–Kier alpha value is -3.81. The number of halogens is 1. The molecule has 2 aliphatic rings. The van der Waals surface area contributed by atoms with Crippen molar-refractivity contribution in [1.82, 2.24) is 9.80 Å². The number of methoxy groups -OCH3 is 1. The summed E-state index contributed by atoms with van der Waals surface area (Å²) in [7, 11) is 1.45. The van der Waals surface area contributed by atoms with Crippen LogP contribution in [-0.2, 0) is 9.53 Å². The Morgan fingerprint density at radius 1 is 0.958 bits per heavy atom. The zero-order valence-electron chi connectivity index (χ0n) is 26.7. The molecule has 10 nitrogen and oxygen atoms in total. The minimum Gasteiger partial charge on any atom is -0.493 e. The first kappa shape index (κ1) is 35.5. The van der Waals surface area contributed by atoms with Gasteiger partial charge in [-0.3, -0.25) is 14.6 Å². The highest BCUT2D eigenvalue weighted by molar-refractivity contribution is 8.26. The number of thioether (sulfide) groups is 1. The quantitative estimate of drug-likeness (QED) is 0.106. The number of thiocarbonyl (C=S) groups is 1. The van der Waals surface area contributed by atoms with Crippen LogP contribution in [0.15, 0.2) is 59.5 Å². The maximum absolute atomic E-state index is 13.6. The van der Waals surface area contributed by atoms with Crippen LogP contribution in [0.4, 0.5) is 0 Å². The van der Waals surface area contributed by atoms with Crippen molar-refractivity contribution in [2.24, 2.45) is 0 Å². The van der Waals surface area contributed by atoms with E-state index in [0.717, 1.165) is 36.3 Å². The molecule has 2 fully saturated rings. The van der Waals surface area contributed by atoms with Crippen molar-refractivity contribution < 1.29 is 38.4 Å². The Kier molecular flexibility index (Phi) is 12.6. The lowest BCUT2D eigenvalue weighted by molar-refractivity contribution is -0.122. The number of carbonyl (C=O) groups excluding carboxylic acids is 1. The fourth-order valence-corrected chi connectivity index (χ4v) is 6.73. The fraction of sp³-hybridized carbons (Fsp3) is 0.343. The summed E-state index contributed by atoms with van der Waals surface area (Å²) in [6, 6.07) is 16.0. The zero-order valence-corrected chi connectivity index (χ0v) is 29.1. The molecule has 48 heavy (non-hydrogen) atoms. The van der Waals surface area contributed by atoms with Gasteiger partial charge in [0, 0.05) is 31.7 Å². The first-order chi connectivity index (χ1) is 23.3. The Balaban J connectivity index is 1.30. The molecule has 0 atom stereocenters. The van der Waals surface area contributed by atoms with Crippen molar-refractivity contribution in [3.63, 3.8) is 0 Å². The highest BCUT2D eigenvalue weighted by atomic mass is 35.5. The predicted molar refractivity (Wildman–Crippen MR) is 191 cm³/mol. The molecule has 0 spiro atoms. The largest absolute Gasteiger partial charge is 0.493 e. The van der Waals surface area contributed by atoms with Gasteiger partial charge in [-0.25, -0.2) is 4.79 Å². The number of aromatic carboxylic acids is 1. The zero-order chi connectivity index (χ0) is 34.0. The van der Waals surface area contributed by atoms with Crippen molar-refractivity contribution in [3.8, 4) is 34.1 Å². The highest BCUT2D eigenvalue weighted by Crippen LogP contribution is 2.37. The third kappa shape index (κ3) is 9.00. The van der Waals surface area contributed by atoms with Crippen LogP contribution in [0, 0.1) is 0 Å². The minimum atomic E-state index is -1.05. The van der Waals surface area contributed by atoms with Crippen LogP contribution in [0.5, 0.6) is 23.0 Å². The van der Waals surface area contributed by atoms with Crippen LogP contribution >= 0.6 is 35.6 Å². The number of carboxylic acids is 1. The molecule has 2 aliphatic heterocycles. The molecule has 0 unspecified atom stereocenters. The summed E-state index contributed by atoms with van der Waals surface area (Å²) in [5.74, 6) is 0.772. The van der Waals surface area contributed by atoms with Crippen LogP contribution in [0.2, 0.25) is 5.02 Å². The second kappa shape index (κ2) is 17.0. The fourth-order valence-electron chi connectivity index (χ4n) is 5.19. The molecule has 0 aliphatic carbocycles. The average molecular weight is 713 g/mol. The topological polar surface area (TPSA) is 107 Å². The van der Waals surface area contributed by atoms with Crippen molar-refractivity contribution in [2.45, 2.75) is 13.3 Å². The molecule has 3 aromatic carbocycles. The molecule has 3 aromatic rings. The van der Waals surface area contributed by atoms with E-state index in [0.29, 0.717) is 76.6 Å². The average Bonchev–Trinajstić information content (AvgIpc) is 3.35. The van der Waals surface area contributed by atoms with E-state index in [-0.39, 0.29) is 18.1 Å². The van der Waals surface area contributed by atoms with Gasteiger partial charge in [0.15, 0.2) is 11.5 Å². The summed E-state index contributed by atoms with van der Waals surface area (Å²) in [6.07, 6.45) is 2.32. The number of ether oxygens (including phenoxy) is 5. The van der Waals surface area contributed by atoms with Crippen LogP contribution in [0.25, 0.3) is 17.2 Å². The number of carboxylic acid groups (broad SMARTS) is 1. The van der Waals surface area contributed by atoms with Gasteiger partial charge in [-0.15, -0.1) is 0 Å². The molecule has 13 heteroatoms. The van der Waals surface area contributed by atoms with Gasteiger partial charge in [0.25, 0.3) is 5.91 Å². The SMILES string of the molecule is CCOc1ccc(-c2ccc(OCCN3CCOCC3)c(/C=C3\SC(=S)N(CCCOc4ccc(C(=O)O)cc4OC)C3=O)c2)cc1Cl. The van der Waals surface area contributed by atoms with Gasteiger partial charge in [0.1, 0.15) is 22.4 Å². The van der Waals surface area contributed by atoms with Gasteiger partial charge in [-0.1, -0.05) is 47.7 Å². The van der Waals surface area contributed by atoms with Crippen molar-refractivity contribution in [2.75, 3.05) is 66.3 Å². The van der Waals surface area contributed by atoms with E-state index >= 15 is 0 Å². The molecule has 1 N–H and O–H groups in total. The molecule has 0 saturated carbocycles. The Morgan fingerprint density at radius 3 is 2.38 bits per heavy atom. The summed E-state index contributed by atoms with van der Waals surface area (Å²) in [5.41, 5.74) is 2.66. The smallest absolute Gasteiger partial charge is 0.335 e. The number of rotatable bonds is 15. The molecule has 2 saturated heterocycles. The predicted octanol–water partition coefficient (Wildman–Crippen LogP) is 6.49. The molecule has 254 valence electrons. The van der Waals surface area contributed by atoms with Crippen LogP contribution in [0.3, 0.4) is 0 Å².